The van der Waals surface area contributed by atoms with Gasteiger partial charge >= 0.3 is 0 Å². The van der Waals surface area contributed by atoms with E-state index < -0.39 is 10.0 Å². The van der Waals surface area contributed by atoms with E-state index in [2.05, 4.69) is 28.9 Å². The SMILES string of the molecule is CC(C)CCCC(C)N=C1Nc2ccc(Cl)cc2S(=O)(=O)N1. The monoisotopic (exact) mass is 343 g/mol. The summed E-state index contributed by atoms with van der Waals surface area (Å²) in [6.45, 7) is 6.37. The molecule has 1 aromatic rings. The molecule has 0 aliphatic carbocycles. The molecule has 0 saturated heterocycles. The Balaban J connectivity index is 2.12. The lowest BCUT2D eigenvalue weighted by Crippen LogP contribution is -2.41. The third-order valence-corrected chi connectivity index (χ3v) is 5.08. The van der Waals surface area contributed by atoms with Crippen molar-refractivity contribution < 1.29 is 8.42 Å². The number of hydrogen-bond acceptors (Lipinski definition) is 3. The highest BCUT2D eigenvalue weighted by Gasteiger charge is 2.27. The standard InChI is InChI=1S/C15H22ClN3O2S/c1-10(2)5-4-6-11(3)17-15-18-13-8-7-12(16)9-14(13)22(20,21)19-15/h7-11H,4-6H2,1-3H3,(H2,17,18,19). The molecule has 122 valence electrons. The van der Waals surface area contributed by atoms with Crippen molar-refractivity contribution in [1.29, 1.82) is 0 Å². The van der Waals surface area contributed by atoms with Crippen LogP contribution in [0.5, 0.6) is 0 Å². The third kappa shape index (κ3) is 4.36. The summed E-state index contributed by atoms with van der Waals surface area (Å²) in [5.41, 5.74) is 0.497. The minimum atomic E-state index is -3.62. The van der Waals surface area contributed by atoms with E-state index >= 15 is 0 Å². The van der Waals surface area contributed by atoms with Crippen molar-refractivity contribution in [3.63, 3.8) is 0 Å². The van der Waals surface area contributed by atoms with Crippen LogP contribution in [0, 0.1) is 5.92 Å². The molecule has 0 bridgehead atoms. The fourth-order valence-electron chi connectivity index (χ4n) is 2.32. The van der Waals surface area contributed by atoms with Gasteiger partial charge in [-0.1, -0.05) is 38.3 Å². The van der Waals surface area contributed by atoms with Gasteiger partial charge in [0.15, 0.2) is 0 Å². The number of guanidine groups is 1. The first-order valence-corrected chi connectivity index (χ1v) is 9.31. The molecular formula is C15H22ClN3O2S. The summed E-state index contributed by atoms with van der Waals surface area (Å²) in [5.74, 6) is 0.939. The molecular weight excluding hydrogens is 322 g/mol. The zero-order valence-electron chi connectivity index (χ0n) is 13.1. The van der Waals surface area contributed by atoms with Gasteiger partial charge in [-0.05, 0) is 37.5 Å². The second kappa shape index (κ2) is 6.87. The Morgan fingerprint density at radius 2 is 1.95 bits per heavy atom. The number of rotatable bonds is 5. The molecule has 7 heteroatoms. The Bertz CT molecular complexity index is 671. The summed E-state index contributed by atoms with van der Waals surface area (Å²) in [6.07, 6.45) is 3.16. The van der Waals surface area contributed by atoms with Gasteiger partial charge in [0.25, 0.3) is 10.0 Å². The highest BCUT2D eigenvalue weighted by molar-refractivity contribution is 7.90. The lowest BCUT2D eigenvalue weighted by Gasteiger charge is -2.22. The van der Waals surface area contributed by atoms with Crippen LogP contribution in [0.2, 0.25) is 5.02 Å². The quantitative estimate of drug-likeness (QED) is 0.857. The summed E-state index contributed by atoms with van der Waals surface area (Å²) >= 11 is 5.86. The number of fused-ring (bicyclic) bond motifs is 1. The van der Waals surface area contributed by atoms with Crippen LogP contribution in [0.25, 0.3) is 0 Å². The molecule has 1 heterocycles. The molecule has 0 spiro atoms. The smallest absolute Gasteiger partial charge is 0.266 e. The molecule has 1 atom stereocenters. The zero-order chi connectivity index (χ0) is 16.3. The fraction of sp³-hybridized carbons (Fsp3) is 0.533. The second-order valence-electron chi connectivity index (χ2n) is 6.02. The number of sulfonamides is 1. The largest absolute Gasteiger partial charge is 0.324 e. The van der Waals surface area contributed by atoms with Crippen molar-refractivity contribution in [1.82, 2.24) is 4.72 Å². The van der Waals surface area contributed by atoms with Gasteiger partial charge in [0, 0.05) is 5.02 Å². The first kappa shape index (κ1) is 17.1. The molecule has 2 rings (SSSR count). The Morgan fingerprint density at radius 3 is 2.64 bits per heavy atom. The van der Waals surface area contributed by atoms with Crippen molar-refractivity contribution in [3.8, 4) is 0 Å². The van der Waals surface area contributed by atoms with Gasteiger partial charge in [-0.3, -0.25) is 0 Å². The van der Waals surface area contributed by atoms with Gasteiger partial charge < -0.3 is 5.32 Å². The molecule has 0 amide bonds. The predicted octanol–water partition coefficient (Wildman–Crippen LogP) is 3.61. The number of halogens is 1. The Labute approximate surface area is 137 Å². The molecule has 0 fully saturated rings. The highest BCUT2D eigenvalue weighted by atomic mass is 35.5. The van der Waals surface area contributed by atoms with Crippen LogP contribution in [-0.2, 0) is 10.0 Å². The van der Waals surface area contributed by atoms with E-state index in [-0.39, 0.29) is 16.9 Å². The second-order valence-corrected chi connectivity index (χ2v) is 8.11. The van der Waals surface area contributed by atoms with E-state index in [1.54, 1.807) is 12.1 Å². The first-order valence-electron chi connectivity index (χ1n) is 7.45. The lowest BCUT2D eigenvalue weighted by atomic mass is 10.0. The number of benzene rings is 1. The molecule has 0 aromatic heterocycles. The average molecular weight is 344 g/mol. The van der Waals surface area contributed by atoms with Crippen LogP contribution < -0.4 is 10.0 Å². The van der Waals surface area contributed by atoms with Crippen LogP contribution in [-0.4, -0.2) is 20.4 Å². The molecule has 1 unspecified atom stereocenters. The maximum absolute atomic E-state index is 12.2. The lowest BCUT2D eigenvalue weighted by molar-refractivity contribution is 0.511. The minimum absolute atomic E-state index is 0.0535. The highest BCUT2D eigenvalue weighted by Crippen LogP contribution is 2.27. The van der Waals surface area contributed by atoms with E-state index in [1.807, 2.05) is 6.92 Å². The van der Waals surface area contributed by atoms with Crippen LogP contribution in [0.15, 0.2) is 28.1 Å². The van der Waals surface area contributed by atoms with E-state index in [1.165, 1.54) is 6.07 Å². The molecule has 5 nitrogen and oxygen atoms in total. The molecule has 2 N–H and O–H groups in total. The van der Waals surface area contributed by atoms with Crippen molar-refractivity contribution >= 4 is 33.3 Å². The first-order chi connectivity index (χ1) is 10.3. The van der Waals surface area contributed by atoms with Crippen molar-refractivity contribution in [2.75, 3.05) is 5.32 Å². The number of aliphatic imine (C=N–C) groups is 1. The zero-order valence-corrected chi connectivity index (χ0v) is 14.6. The minimum Gasteiger partial charge on any atom is -0.324 e. The molecule has 1 aliphatic rings. The third-order valence-electron chi connectivity index (χ3n) is 3.47. The normalized spacial score (nSPS) is 19.4. The molecule has 22 heavy (non-hydrogen) atoms. The van der Waals surface area contributed by atoms with Gasteiger partial charge in [-0.25, -0.2) is 18.1 Å². The van der Waals surface area contributed by atoms with Gasteiger partial charge in [0.2, 0.25) is 5.96 Å². The van der Waals surface area contributed by atoms with E-state index in [0.29, 0.717) is 16.6 Å². The summed E-state index contributed by atoms with van der Waals surface area (Å²) in [5, 5.41) is 3.39. The maximum atomic E-state index is 12.2. The fourth-order valence-corrected chi connectivity index (χ4v) is 3.72. The predicted molar refractivity (Wildman–Crippen MR) is 91.0 cm³/mol. The molecule has 0 radical (unpaired) electrons. The maximum Gasteiger partial charge on any atom is 0.266 e. The van der Waals surface area contributed by atoms with E-state index in [9.17, 15) is 8.42 Å². The van der Waals surface area contributed by atoms with Crippen LogP contribution in [0.3, 0.4) is 0 Å². The summed E-state index contributed by atoms with van der Waals surface area (Å²) in [6, 6.07) is 4.78. The van der Waals surface area contributed by atoms with Crippen molar-refractivity contribution in [2.45, 2.75) is 51.0 Å². The number of nitrogens with zero attached hydrogens (tertiary/aromatic N) is 1. The average Bonchev–Trinajstić information content (AvgIpc) is 2.38. The van der Waals surface area contributed by atoms with Gasteiger partial charge in [-0.2, -0.15) is 0 Å². The molecule has 1 aliphatic heterocycles. The van der Waals surface area contributed by atoms with Crippen molar-refractivity contribution in [3.05, 3.63) is 23.2 Å². The number of hydrogen-bond donors (Lipinski definition) is 2. The van der Waals surface area contributed by atoms with Gasteiger partial charge in [-0.15, -0.1) is 0 Å². The summed E-state index contributed by atoms with van der Waals surface area (Å²) < 4.78 is 26.9. The summed E-state index contributed by atoms with van der Waals surface area (Å²) in [4.78, 5) is 4.58. The van der Waals surface area contributed by atoms with Crippen LogP contribution >= 0.6 is 11.6 Å². The van der Waals surface area contributed by atoms with E-state index in [0.717, 1.165) is 19.3 Å². The topological polar surface area (TPSA) is 70.6 Å². The Hall–Kier alpha value is -1.27. The number of anilines is 1. The molecule has 1 aromatic carbocycles. The Kier molecular flexibility index (Phi) is 5.34. The summed E-state index contributed by atoms with van der Waals surface area (Å²) in [7, 11) is -3.62. The van der Waals surface area contributed by atoms with E-state index in [4.69, 9.17) is 11.6 Å². The Morgan fingerprint density at radius 1 is 1.23 bits per heavy atom. The van der Waals surface area contributed by atoms with Gasteiger partial charge in [0.05, 0.1) is 11.7 Å². The molecule has 0 saturated carbocycles. The van der Waals surface area contributed by atoms with Gasteiger partial charge in [0.1, 0.15) is 4.90 Å². The van der Waals surface area contributed by atoms with Crippen molar-refractivity contribution in [2.24, 2.45) is 10.9 Å². The number of nitrogens with one attached hydrogen (secondary N) is 2. The van der Waals surface area contributed by atoms with Crippen LogP contribution in [0.1, 0.15) is 40.0 Å². The van der Waals surface area contributed by atoms with Crippen LogP contribution in [0.4, 0.5) is 5.69 Å².